The number of hydrogen-bond donors (Lipinski definition) is 1. The molecule has 0 saturated carbocycles. The van der Waals surface area contributed by atoms with Crippen LogP contribution in [0.1, 0.15) is 29.2 Å². The standard InChI is InChI=1S/C23H25NO4/c1-16-8-6-7-11-18(16)21-20(22(26)23(27)24(21)14-15-28-2)19(25)13-12-17-9-4-3-5-10-17/h3-11,21,26H,12-15H2,1-2H3. The van der Waals surface area contributed by atoms with Gasteiger partial charge in [-0.05, 0) is 30.0 Å². The van der Waals surface area contributed by atoms with Gasteiger partial charge in [0.25, 0.3) is 5.91 Å². The minimum Gasteiger partial charge on any atom is -0.503 e. The van der Waals surface area contributed by atoms with Crippen molar-refractivity contribution in [1.29, 1.82) is 0 Å². The van der Waals surface area contributed by atoms with Crippen molar-refractivity contribution in [2.24, 2.45) is 0 Å². The van der Waals surface area contributed by atoms with Gasteiger partial charge in [-0.2, -0.15) is 0 Å². The Morgan fingerprint density at radius 3 is 2.46 bits per heavy atom. The third-order valence-corrected chi connectivity index (χ3v) is 5.11. The number of benzene rings is 2. The van der Waals surface area contributed by atoms with Gasteiger partial charge in [0.1, 0.15) is 0 Å². The highest BCUT2D eigenvalue weighted by molar-refractivity contribution is 6.09. The first-order chi connectivity index (χ1) is 13.5. The van der Waals surface area contributed by atoms with E-state index in [1.54, 1.807) is 7.11 Å². The van der Waals surface area contributed by atoms with Gasteiger partial charge in [-0.25, -0.2) is 0 Å². The summed E-state index contributed by atoms with van der Waals surface area (Å²) >= 11 is 0. The minimum atomic E-state index is -0.591. The number of aliphatic hydroxyl groups excluding tert-OH is 1. The molecule has 1 aliphatic heterocycles. The summed E-state index contributed by atoms with van der Waals surface area (Å²) in [7, 11) is 1.56. The molecule has 2 aromatic rings. The SMILES string of the molecule is COCCN1C(=O)C(O)=C(C(=O)CCc2ccccc2)C1c1ccccc1C. The molecule has 28 heavy (non-hydrogen) atoms. The number of nitrogens with zero attached hydrogens (tertiary/aromatic N) is 1. The van der Waals surface area contributed by atoms with Gasteiger partial charge in [0, 0.05) is 20.1 Å². The van der Waals surface area contributed by atoms with Crippen molar-refractivity contribution in [3.8, 4) is 0 Å². The average molecular weight is 379 g/mol. The largest absolute Gasteiger partial charge is 0.503 e. The van der Waals surface area contributed by atoms with Gasteiger partial charge in [-0.15, -0.1) is 0 Å². The molecule has 2 aromatic carbocycles. The molecule has 1 heterocycles. The fraction of sp³-hybridized carbons (Fsp3) is 0.304. The Hall–Kier alpha value is -2.92. The van der Waals surface area contributed by atoms with Crippen molar-refractivity contribution in [2.75, 3.05) is 20.3 Å². The van der Waals surface area contributed by atoms with Crippen LogP contribution in [0.4, 0.5) is 0 Å². The van der Waals surface area contributed by atoms with Crippen LogP contribution in [0.5, 0.6) is 0 Å². The number of aryl methyl sites for hydroxylation is 2. The summed E-state index contributed by atoms with van der Waals surface area (Å²) in [5.74, 6) is -1.17. The van der Waals surface area contributed by atoms with E-state index in [1.165, 1.54) is 4.90 Å². The molecule has 1 atom stereocenters. The number of Topliss-reactive ketones (excluding diaryl/α,β-unsaturated/α-hetero) is 1. The Morgan fingerprint density at radius 1 is 1.11 bits per heavy atom. The van der Waals surface area contributed by atoms with Crippen LogP contribution in [-0.4, -0.2) is 42.0 Å². The summed E-state index contributed by atoms with van der Waals surface area (Å²) in [4.78, 5) is 27.3. The van der Waals surface area contributed by atoms with Crippen LogP contribution in [-0.2, 0) is 20.7 Å². The van der Waals surface area contributed by atoms with E-state index in [9.17, 15) is 14.7 Å². The van der Waals surface area contributed by atoms with E-state index in [0.717, 1.165) is 16.7 Å². The summed E-state index contributed by atoms with van der Waals surface area (Å²) < 4.78 is 5.12. The molecule has 1 amide bonds. The minimum absolute atomic E-state index is 0.186. The van der Waals surface area contributed by atoms with E-state index in [1.807, 2.05) is 61.5 Å². The highest BCUT2D eigenvalue weighted by Gasteiger charge is 2.43. The van der Waals surface area contributed by atoms with Gasteiger partial charge in [-0.3, -0.25) is 9.59 Å². The Bertz CT molecular complexity index is 888. The molecule has 5 nitrogen and oxygen atoms in total. The maximum absolute atomic E-state index is 13.1. The van der Waals surface area contributed by atoms with Gasteiger partial charge in [0.15, 0.2) is 11.5 Å². The molecule has 0 aliphatic carbocycles. The number of rotatable bonds is 8. The fourth-order valence-electron chi connectivity index (χ4n) is 3.61. The zero-order chi connectivity index (χ0) is 20.1. The van der Waals surface area contributed by atoms with Crippen LogP contribution in [0, 0.1) is 6.92 Å². The first-order valence-corrected chi connectivity index (χ1v) is 9.40. The lowest BCUT2D eigenvalue weighted by molar-refractivity contribution is -0.130. The van der Waals surface area contributed by atoms with E-state index in [4.69, 9.17) is 4.74 Å². The number of carbonyl (C=O) groups excluding carboxylic acids is 2. The molecular formula is C23H25NO4. The van der Waals surface area contributed by atoms with Crippen LogP contribution in [0.25, 0.3) is 0 Å². The molecule has 0 fully saturated rings. The lowest BCUT2D eigenvalue weighted by atomic mass is 9.91. The molecule has 1 aliphatic rings. The summed E-state index contributed by atoms with van der Waals surface area (Å²) in [6, 6.07) is 16.8. The van der Waals surface area contributed by atoms with Gasteiger partial charge in [-0.1, -0.05) is 54.6 Å². The van der Waals surface area contributed by atoms with Crippen molar-refractivity contribution < 1.29 is 19.4 Å². The lowest BCUT2D eigenvalue weighted by Gasteiger charge is -2.27. The quantitative estimate of drug-likeness (QED) is 0.762. The highest BCUT2D eigenvalue weighted by atomic mass is 16.5. The number of methoxy groups -OCH3 is 1. The molecule has 0 radical (unpaired) electrons. The van der Waals surface area contributed by atoms with Gasteiger partial charge >= 0.3 is 0 Å². The molecule has 1 N–H and O–H groups in total. The van der Waals surface area contributed by atoms with Crippen LogP contribution >= 0.6 is 0 Å². The normalized spacial score (nSPS) is 16.7. The lowest BCUT2D eigenvalue weighted by Crippen LogP contribution is -2.34. The monoisotopic (exact) mass is 379 g/mol. The summed E-state index contributed by atoms with van der Waals surface area (Å²) in [6.45, 7) is 2.57. The summed E-state index contributed by atoms with van der Waals surface area (Å²) in [6.07, 6.45) is 0.792. The molecule has 1 unspecified atom stereocenters. The van der Waals surface area contributed by atoms with Gasteiger partial charge in [0.05, 0.1) is 18.2 Å². The average Bonchev–Trinajstić information content (AvgIpc) is 2.96. The second kappa shape index (κ2) is 8.85. The van der Waals surface area contributed by atoms with Crippen molar-refractivity contribution in [2.45, 2.75) is 25.8 Å². The maximum Gasteiger partial charge on any atom is 0.290 e. The third kappa shape index (κ3) is 3.99. The van der Waals surface area contributed by atoms with E-state index < -0.39 is 17.7 Å². The topological polar surface area (TPSA) is 66.8 Å². The van der Waals surface area contributed by atoms with Crippen LogP contribution in [0.3, 0.4) is 0 Å². The molecule has 0 aromatic heterocycles. The predicted octanol–water partition coefficient (Wildman–Crippen LogP) is 3.54. The fourth-order valence-corrected chi connectivity index (χ4v) is 3.61. The Morgan fingerprint density at radius 2 is 1.79 bits per heavy atom. The Kier molecular flexibility index (Phi) is 6.26. The van der Waals surface area contributed by atoms with Crippen molar-refractivity contribution in [1.82, 2.24) is 4.90 Å². The van der Waals surface area contributed by atoms with Crippen molar-refractivity contribution in [3.05, 3.63) is 82.6 Å². The van der Waals surface area contributed by atoms with E-state index in [0.29, 0.717) is 19.6 Å². The Balaban J connectivity index is 1.92. The van der Waals surface area contributed by atoms with Crippen molar-refractivity contribution >= 4 is 11.7 Å². The number of aliphatic hydroxyl groups is 1. The number of ether oxygens (including phenoxy) is 1. The molecule has 0 bridgehead atoms. The van der Waals surface area contributed by atoms with Crippen molar-refractivity contribution in [3.63, 3.8) is 0 Å². The first-order valence-electron chi connectivity index (χ1n) is 9.40. The number of hydrogen-bond acceptors (Lipinski definition) is 4. The van der Waals surface area contributed by atoms with E-state index >= 15 is 0 Å². The molecule has 5 heteroatoms. The number of amides is 1. The van der Waals surface area contributed by atoms with Gasteiger partial charge < -0.3 is 14.7 Å². The molecule has 0 saturated heterocycles. The third-order valence-electron chi connectivity index (χ3n) is 5.11. The highest BCUT2D eigenvalue weighted by Crippen LogP contribution is 2.39. The van der Waals surface area contributed by atoms with Crippen LogP contribution in [0.2, 0.25) is 0 Å². The Labute approximate surface area is 165 Å². The maximum atomic E-state index is 13.1. The van der Waals surface area contributed by atoms with Crippen LogP contribution in [0.15, 0.2) is 65.9 Å². The number of carbonyl (C=O) groups is 2. The summed E-state index contributed by atoms with van der Waals surface area (Å²) in [5, 5.41) is 10.5. The molecule has 3 rings (SSSR count). The zero-order valence-corrected chi connectivity index (χ0v) is 16.2. The predicted molar refractivity (Wildman–Crippen MR) is 107 cm³/mol. The molecular weight excluding hydrogens is 354 g/mol. The van der Waals surface area contributed by atoms with E-state index in [2.05, 4.69) is 0 Å². The second-order valence-corrected chi connectivity index (χ2v) is 6.92. The smallest absolute Gasteiger partial charge is 0.290 e. The second-order valence-electron chi connectivity index (χ2n) is 6.92. The molecule has 146 valence electrons. The number of ketones is 1. The first kappa shape index (κ1) is 19.8. The van der Waals surface area contributed by atoms with Crippen LogP contribution < -0.4 is 0 Å². The van der Waals surface area contributed by atoms with E-state index in [-0.39, 0.29) is 17.8 Å². The summed E-state index contributed by atoms with van der Waals surface area (Å²) in [5.41, 5.74) is 3.04. The zero-order valence-electron chi connectivity index (χ0n) is 16.2. The van der Waals surface area contributed by atoms with Gasteiger partial charge in [0.2, 0.25) is 0 Å². The molecule has 0 spiro atoms.